The fourth-order valence-electron chi connectivity index (χ4n) is 3.80. The smallest absolute Gasteiger partial charge is 0.0524 e. The third-order valence-electron chi connectivity index (χ3n) is 5.00. The van der Waals surface area contributed by atoms with E-state index in [1.165, 1.54) is 76.6 Å². The van der Waals surface area contributed by atoms with E-state index in [0.717, 1.165) is 11.8 Å². The number of H-pyrrole nitrogens is 1. The van der Waals surface area contributed by atoms with Crippen molar-refractivity contribution in [2.45, 2.75) is 63.7 Å². The first kappa shape index (κ1) is 13.2. The largest absolute Gasteiger partial charge is 0.317 e. The second kappa shape index (κ2) is 6.56. The monoisotopic (exact) mass is 261 g/mol. The Morgan fingerprint density at radius 2 is 1.74 bits per heavy atom. The van der Waals surface area contributed by atoms with Crippen molar-refractivity contribution >= 4 is 0 Å². The maximum absolute atomic E-state index is 4.35. The first-order chi connectivity index (χ1) is 9.43. The van der Waals surface area contributed by atoms with E-state index < -0.39 is 0 Å². The van der Waals surface area contributed by atoms with Crippen LogP contribution in [0.2, 0.25) is 0 Å². The van der Waals surface area contributed by atoms with Gasteiger partial charge in [0.25, 0.3) is 0 Å². The van der Waals surface area contributed by atoms with Crippen molar-refractivity contribution in [3.05, 3.63) is 17.5 Å². The third-order valence-corrected chi connectivity index (χ3v) is 5.00. The zero-order valence-corrected chi connectivity index (χ0v) is 12.0. The molecule has 19 heavy (non-hydrogen) atoms. The van der Waals surface area contributed by atoms with Crippen LogP contribution in [-0.2, 0) is 6.42 Å². The van der Waals surface area contributed by atoms with E-state index in [2.05, 4.69) is 21.7 Å². The van der Waals surface area contributed by atoms with Crippen LogP contribution in [0.3, 0.4) is 0 Å². The number of rotatable bonds is 3. The molecule has 3 rings (SSSR count). The second-order valence-corrected chi connectivity index (χ2v) is 6.39. The summed E-state index contributed by atoms with van der Waals surface area (Å²) in [5.74, 6) is 1.63. The Balaban J connectivity index is 1.66. The maximum atomic E-state index is 4.35. The van der Waals surface area contributed by atoms with Gasteiger partial charge in [0.05, 0.1) is 6.20 Å². The van der Waals surface area contributed by atoms with Crippen LogP contribution in [0.15, 0.2) is 6.20 Å². The van der Waals surface area contributed by atoms with Crippen molar-refractivity contribution in [1.29, 1.82) is 0 Å². The second-order valence-electron chi connectivity index (χ2n) is 6.39. The maximum Gasteiger partial charge on any atom is 0.0524 e. The number of aromatic nitrogens is 2. The summed E-state index contributed by atoms with van der Waals surface area (Å²) in [4.78, 5) is 0. The Morgan fingerprint density at radius 3 is 2.47 bits per heavy atom. The lowest BCUT2D eigenvalue weighted by atomic mass is 9.87. The molecule has 1 saturated carbocycles. The molecule has 3 heteroatoms. The van der Waals surface area contributed by atoms with Gasteiger partial charge in [0.2, 0.25) is 0 Å². The van der Waals surface area contributed by atoms with Crippen molar-refractivity contribution in [3.63, 3.8) is 0 Å². The van der Waals surface area contributed by atoms with Gasteiger partial charge in [-0.1, -0.05) is 25.7 Å². The number of hydrogen-bond donors (Lipinski definition) is 2. The Hall–Kier alpha value is -0.830. The molecule has 0 amide bonds. The molecule has 0 spiro atoms. The summed E-state index contributed by atoms with van der Waals surface area (Å²) < 4.78 is 0. The molecule has 1 aromatic rings. The summed E-state index contributed by atoms with van der Waals surface area (Å²) in [7, 11) is 0. The molecule has 1 aromatic heterocycles. The lowest BCUT2D eigenvalue weighted by Crippen LogP contribution is -2.29. The average molecular weight is 261 g/mol. The number of piperidine rings is 1. The highest BCUT2D eigenvalue weighted by atomic mass is 15.1. The standard InChI is InChI=1S/C16H27N3/c1-2-4-6-14(5-3-1)15-12-18-19-16(15)11-13-7-9-17-10-8-13/h12-14,17H,1-11H2,(H,18,19). The molecule has 106 valence electrons. The van der Waals surface area contributed by atoms with Crippen molar-refractivity contribution in [1.82, 2.24) is 15.5 Å². The van der Waals surface area contributed by atoms with Crippen LogP contribution >= 0.6 is 0 Å². The van der Waals surface area contributed by atoms with Crippen molar-refractivity contribution in [2.24, 2.45) is 5.92 Å². The molecule has 3 nitrogen and oxygen atoms in total. The van der Waals surface area contributed by atoms with Crippen molar-refractivity contribution in [3.8, 4) is 0 Å². The third kappa shape index (κ3) is 3.38. The molecule has 1 aliphatic heterocycles. The van der Waals surface area contributed by atoms with E-state index in [-0.39, 0.29) is 0 Å². The van der Waals surface area contributed by atoms with Gasteiger partial charge in [-0.15, -0.1) is 0 Å². The minimum atomic E-state index is 0.776. The molecular weight excluding hydrogens is 234 g/mol. The van der Waals surface area contributed by atoms with Crippen LogP contribution in [0.5, 0.6) is 0 Å². The van der Waals surface area contributed by atoms with E-state index >= 15 is 0 Å². The molecular formula is C16H27N3. The minimum absolute atomic E-state index is 0.776. The van der Waals surface area contributed by atoms with Crippen LogP contribution in [0.1, 0.15) is 68.5 Å². The van der Waals surface area contributed by atoms with Gasteiger partial charge in [-0.3, -0.25) is 5.10 Å². The Bertz CT molecular complexity index is 371. The van der Waals surface area contributed by atoms with Crippen molar-refractivity contribution < 1.29 is 0 Å². The fourth-order valence-corrected chi connectivity index (χ4v) is 3.80. The zero-order valence-electron chi connectivity index (χ0n) is 12.0. The minimum Gasteiger partial charge on any atom is -0.317 e. The molecule has 2 aliphatic rings. The lowest BCUT2D eigenvalue weighted by Gasteiger charge is -2.23. The van der Waals surface area contributed by atoms with E-state index in [4.69, 9.17) is 0 Å². The highest BCUT2D eigenvalue weighted by molar-refractivity contribution is 5.22. The highest BCUT2D eigenvalue weighted by Crippen LogP contribution is 2.33. The van der Waals surface area contributed by atoms with E-state index in [1.807, 2.05) is 0 Å². The highest BCUT2D eigenvalue weighted by Gasteiger charge is 2.21. The molecule has 1 aliphatic carbocycles. The Kier molecular flexibility index (Phi) is 4.54. The number of nitrogens with one attached hydrogen (secondary N) is 2. The predicted molar refractivity (Wildman–Crippen MR) is 78.3 cm³/mol. The molecule has 2 N–H and O–H groups in total. The molecule has 2 fully saturated rings. The van der Waals surface area contributed by atoms with Gasteiger partial charge in [0, 0.05) is 5.69 Å². The van der Waals surface area contributed by atoms with Gasteiger partial charge in [-0.25, -0.2) is 0 Å². The molecule has 2 heterocycles. The Morgan fingerprint density at radius 1 is 1.00 bits per heavy atom. The average Bonchev–Trinajstić information content (AvgIpc) is 2.74. The van der Waals surface area contributed by atoms with Gasteiger partial charge < -0.3 is 5.32 Å². The van der Waals surface area contributed by atoms with Gasteiger partial charge in [0.1, 0.15) is 0 Å². The predicted octanol–water partition coefficient (Wildman–Crippen LogP) is 3.39. The molecule has 0 radical (unpaired) electrons. The lowest BCUT2D eigenvalue weighted by molar-refractivity contribution is 0.368. The number of aromatic amines is 1. The normalized spacial score (nSPS) is 23.4. The summed E-state index contributed by atoms with van der Waals surface area (Å²) in [5, 5.41) is 11.1. The Labute approximate surface area is 116 Å². The van der Waals surface area contributed by atoms with Crippen LogP contribution in [-0.4, -0.2) is 23.3 Å². The summed E-state index contributed by atoms with van der Waals surface area (Å²) in [6.45, 7) is 2.38. The van der Waals surface area contributed by atoms with Gasteiger partial charge >= 0.3 is 0 Å². The van der Waals surface area contributed by atoms with E-state index in [1.54, 1.807) is 5.56 Å². The SMILES string of the molecule is c1n[nH]c(CC2CCNCC2)c1C1CCCCCC1. The summed E-state index contributed by atoms with van der Waals surface area (Å²) in [6.07, 6.45) is 14.4. The molecule has 0 unspecified atom stereocenters. The molecule has 0 aromatic carbocycles. The van der Waals surface area contributed by atoms with E-state index in [9.17, 15) is 0 Å². The number of hydrogen-bond acceptors (Lipinski definition) is 2. The topological polar surface area (TPSA) is 40.7 Å². The quantitative estimate of drug-likeness (QED) is 0.819. The first-order valence-electron chi connectivity index (χ1n) is 8.16. The van der Waals surface area contributed by atoms with Crippen LogP contribution in [0.25, 0.3) is 0 Å². The van der Waals surface area contributed by atoms with Crippen LogP contribution < -0.4 is 5.32 Å². The van der Waals surface area contributed by atoms with Gasteiger partial charge in [-0.05, 0) is 62.6 Å². The van der Waals surface area contributed by atoms with Crippen LogP contribution in [0, 0.1) is 5.92 Å². The summed E-state index contributed by atoms with van der Waals surface area (Å²) in [5.41, 5.74) is 2.99. The molecule has 1 saturated heterocycles. The van der Waals surface area contributed by atoms with Gasteiger partial charge in [0.15, 0.2) is 0 Å². The summed E-state index contributed by atoms with van der Waals surface area (Å²) in [6, 6.07) is 0. The first-order valence-corrected chi connectivity index (χ1v) is 8.16. The summed E-state index contributed by atoms with van der Waals surface area (Å²) >= 11 is 0. The van der Waals surface area contributed by atoms with Crippen molar-refractivity contribution in [2.75, 3.05) is 13.1 Å². The van der Waals surface area contributed by atoms with Gasteiger partial charge in [-0.2, -0.15) is 5.10 Å². The number of nitrogens with zero attached hydrogens (tertiary/aromatic N) is 1. The van der Waals surface area contributed by atoms with E-state index in [0.29, 0.717) is 0 Å². The fraction of sp³-hybridized carbons (Fsp3) is 0.812. The zero-order chi connectivity index (χ0) is 12.9. The van der Waals surface area contributed by atoms with Crippen LogP contribution in [0.4, 0.5) is 0 Å². The molecule has 0 atom stereocenters. The molecule has 0 bridgehead atoms.